The van der Waals surface area contributed by atoms with Gasteiger partial charge in [-0.15, -0.1) is 0 Å². The minimum absolute atomic E-state index is 0.0317. The van der Waals surface area contributed by atoms with Gasteiger partial charge in [0.2, 0.25) is 5.91 Å². The minimum atomic E-state index is -0.0766. The molecule has 0 unspecified atom stereocenters. The van der Waals surface area contributed by atoms with Crippen molar-refractivity contribution in [1.82, 2.24) is 9.80 Å². The normalized spacial score (nSPS) is 14.8. The Balaban J connectivity index is 1.53. The van der Waals surface area contributed by atoms with Crippen molar-refractivity contribution in [2.45, 2.75) is 13.3 Å². The van der Waals surface area contributed by atoms with E-state index in [0.29, 0.717) is 43.3 Å². The lowest BCUT2D eigenvalue weighted by molar-refractivity contribution is -0.117. The van der Waals surface area contributed by atoms with Gasteiger partial charge in [-0.05, 0) is 36.2 Å². The zero-order valence-corrected chi connectivity index (χ0v) is 18.1. The van der Waals surface area contributed by atoms with E-state index in [1.165, 1.54) is 0 Å². The predicted octanol–water partition coefficient (Wildman–Crippen LogP) is 4.06. The predicted molar refractivity (Wildman–Crippen MR) is 116 cm³/mol. The summed E-state index contributed by atoms with van der Waals surface area (Å²) in [5.41, 5.74) is 2.49. The molecule has 0 saturated carbocycles. The van der Waals surface area contributed by atoms with Gasteiger partial charge >= 0.3 is 0 Å². The third kappa shape index (κ3) is 5.13. The SMILES string of the molecule is CCc1ccccc1NC(=O)CN1CCN(C(=O)c2cc(Br)ccc2Cl)CC1. The van der Waals surface area contributed by atoms with Crippen LogP contribution in [0.3, 0.4) is 0 Å². The van der Waals surface area contributed by atoms with Crippen molar-refractivity contribution in [1.29, 1.82) is 0 Å². The number of halogens is 2. The van der Waals surface area contributed by atoms with Crippen molar-refractivity contribution in [2.24, 2.45) is 0 Å². The Labute approximate surface area is 178 Å². The fourth-order valence-corrected chi connectivity index (χ4v) is 3.84. The van der Waals surface area contributed by atoms with Gasteiger partial charge in [-0.3, -0.25) is 14.5 Å². The number of nitrogens with zero attached hydrogens (tertiary/aromatic N) is 2. The van der Waals surface area contributed by atoms with E-state index in [-0.39, 0.29) is 11.8 Å². The topological polar surface area (TPSA) is 52.7 Å². The Morgan fingerprint density at radius 1 is 1.11 bits per heavy atom. The number of piperazine rings is 1. The highest BCUT2D eigenvalue weighted by Gasteiger charge is 2.24. The number of hydrogen-bond acceptors (Lipinski definition) is 3. The van der Waals surface area contributed by atoms with Crippen LogP contribution in [0, 0.1) is 0 Å². The van der Waals surface area contributed by atoms with Gasteiger partial charge in [0.25, 0.3) is 5.91 Å². The molecule has 7 heteroatoms. The average Bonchev–Trinajstić information content (AvgIpc) is 2.70. The van der Waals surface area contributed by atoms with Crippen molar-refractivity contribution in [2.75, 3.05) is 38.0 Å². The molecule has 5 nitrogen and oxygen atoms in total. The highest BCUT2D eigenvalue weighted by Crippen LogP contribution is 2.23. The highest BCUT2D eigenvalue weighted by atomic mass is 79.9. The van der Waals surface area contributed by atoms with Crippen LogP contribution in [0.25, 0.3) is 0 Å². The van der Waals surface area contributed by atoms with Gasteiger partial charge < -0.3 is 10.2 Å². The molecule has 2 aromatic rings. The molecule has 1 N–H and O–H groups in total. The highest BCUT2D eigenvalue weighted by molar-refractivity contribution is 9.10. The van der Waals surface area contributed by atoms with Crippen molar-refractivity contribution >= 4 is 45.0 Å². The van der Waals surface area contributed by atoms with E-state index in [9.17, 15) is 9.59 Å². The summed E-state index contributed by atoms with van der Waals surface area (Å²) in [4.78, 5) is 29.0. The zero-order valence-electron chi connectivity index (χ0n) is 15.8. The molecule has 0 spiro atoms. The smallest absolute Gasteiger partial charge is 0.255 e. The fraction of sp³-hybridized carbons (Fsp3) is 0.333. The summed E-state index contributed by atoms with van der Waals surface area (Å²) in [6, 6.07) is 13.1. The van der Waals surface area contributed by atoms with Crippen molar-refractivity contribution in [3.05, 3.63) is 63.1 Å². The molecule has 1 aliphatic heterocycles. The first-order chi connectivity index (χ1) is 13.5. The first-order valence-corrected chi connectivity index (χ1v) is 10.5. The standard InChI is InChI=1S/C21H23BrClN3O2/c1-2-15-5-3-4-6-19(15)24-20(27)14-25-9-11-26(12-10-25)21(28)17-13-16(22)7-8-18(17)23/h3-8,13H,2,9-12,14H2,1H3,(H,24,27). The molecule has 2 aromatic carbocycles. The molecule has 0 aromatic heterocycles. The largest absolute Gasteiger partial charge is 0.336 e. The van der Waals surface area contributed by atoms with E-state index in [4.69, 9.17) is 11.6 Å². The van der Waals surface area contributed by atoms with E-state index in [1.807, 2.05) is 30.3 Å². The number of para-hydroxylation sites is 1. The summed E-state index contributed by atoms with van der Waals surface area (Å²) >= 11 is 9.56. The Morgan fingerprint density at radius 3 is 2.54 bits per heavy atom. The first kappa shape index (κ1) is 20.8. The number of amides is 2. The molecule has 148 valence electrons. The Bertz CT molecular complexity index is 866. The number of rotatable bonds is 5. The van der Waals surface area contributed by atoms with Crippen LogP contribution in [-0.4, -0.2) is 54.3 Å². The van der Waals surface area contributed by atoms with Crippen LogP contribution in [0.1, 0.15) is 22.8 Å². The third-order valence-electron chi connectivity index (χ3n) is 4.86. The molecule has 3 rings (SSSR count). The molecule has 2 amide bonds. The lowest BCUT2D eigenvalue weighted by Gasteiger charge is -2.34. The van der Waals surface area contributed by atoms with Gasteiger partial charge in [-0.1, -0.05) is 52.7 Å². The molecule has 0 bridgehead atoms. The molecule has 0 atom stereocenters. The maximum atomic E-state index is 12.7. The fourth-order valence-electron chi connectivity index (χ4n) is 3.28. The minimum Gasteiger partial charge on any atom is -0.336 e. The number of nitrogens with one attached hydrogen (secondary N) is 1. The van der Waals surface area contributed by atoms with Crippen molar-refractivity contribution in [3.8, 4) is 0 Å². The van der Waals surface area contributed by atoms with Gasteiger partial charge in [0.05, 0.1) is 17.1 Å². The Kier molecular flexibility index (Phi) is 7.10. The average molecular weight is 465 g/mol. The van der Waals surface area contributed by atoms with E-state index < -0.39 is 0 Å². The van der Waals surface area contributed by atoms with E-state index in [1.54, 1.807) is 17.0 Å². The van der Waals surface area contributed by atoms with Gasteiger partial charge in [0.1, 0.15) is 0 Å². The molecule has 1 heterocycles. The Hall–Kier alpha value is -1.89. The first-order valence-electron chi connectivity index (χ1n) is 9.32. The Morgan fingerprint density at radius 2 is 1.82 bits per heavy atom. The number of carbonyl (C=O) groups excluding carboxylic acids is 2. The third-order valence-corrected chi connectivity index (χ3v) is 5.68. The quantitative estimate of drug-likeness (QED) is 0.726. The lowest BCUT2D eigenvalue weighted by Crippen LogP contribution is -2.50. The number of anilines is 1. The summed E-state index contributed by atoms with van der Waals surface area (Å²) < 4.78 is 0.822. The van der Waals surface area contributed by atoms with Gasteiger partial charge in [0.15, 0.2) is 0 Å². The molecular formula is C21H23BrClN3O2. The van der Waals surface area contributed by atoms with Gasteiger partial charge in [-0.25, -0.2) is 0 Å². The van der Waals surface area contributed by atoms with Gasteiger partial charge in [-0.2, -0.15) is 0 Å². The maximum absolute atomic E-state index is 12.7. The van der Waals surface area contributed by atoms with E-state index in [0.717, 1.165) is 22.1 Å². The monoisotopic (exact) mass is 463 g/mol. The second-order valence-corrected chi connectivity index (χ2v) is 8.07. The summed E-state index contributed by atoms with van der Waals surface area (Å²) in [5.74, 6) is -0.108. The van der Waals surface area contributed by atoms with Crippen LogP contribution in [0.15, 0.2) is 46.9 Å². The second-order valence-electron chi connectivity index (χ2n) is 6.75. The van der Waals surface area contributed by atoms with Gasteiger partial charge in [0, 0.05) is 36.3 Å². The lowest BCUT2D eigenvalue weighted by atomic mass is 10.1. The van der Waals surface area contributed by atoms with Crippen LogP contribution in [0.5, 0.6) is 0 Å². The molecule has 28 heavy (non-hydrogen) atoms. The van der Waals surface area contributed by atoms with E-state index in [2.05, 4.69) is 33.1 Å². The van der Waals surface area contributed by atoms with Crippen LogP contribution >= 0.6 is 27.5 Å². The van der Waals surface area contributed by atoms with Crippen LogP contribution in [0.4, 0.5) is 5.69 Å². The zero-order chi connectivity index (χ0) is 20.1. The molecule has 0 aliphatic carbocycles. The molecule has 1 aliphatic rings. The summed E-state index contributed by atoms with van der Waals surface area (Å²) in [6.07, 6.45) is 0.870. The number of benzene rings is 2. The second kappa shape index (κ2) is 9.54. The molecular weight excluding hydrogens is 442 g/mol. The summed E-state index contributed by atoms with van der Waals surface area (Å²) in [7, 11) is 0. The molecule has 1 saturated heterocycles. The number of carbonyl (C=O) groups is 2. The van der Waals surface area contributed by atoms with Crippen LogP contribution in [0.2, 0.25) is 5.02 Å². The van der Waals surface area contributed by atoms with Crippen LogP contribution in [-0.2, 0) is 11.2 Å². The van der Waals surface area contributed by atoms with Crippen molar-refractivity contribution < 1.29 is 9.59 Å². The molecule has 0 radical (unpaired) electrons. The maximum Gasteiger partial charge on any atom is 0.255 e. The van der Waals surface area contributed by atoms with Crippen molar-refractivity contribution in [3.63, 3.8) is 0 Å². The number of hydrogen-bond donors (Lipinski definition) is 1. The summed E-state index contributed by atoms with van der Waals surface area (Å²) in [5, 5.41) is 3.45. The van der Waals surface area contributed by atoms with E-state index >= 15 is 0 Å². The number of aryl methyl sites for hydroxylation is 1. The summed E-state index contributed by atoms with van der Waals surface area (Å²) in [6.45, 7) is 4.83. The molecule has 1 fully saturated rings. The van der Waals surface area contributed by atoms with Crippen LogP contribution < -0.4 is 5.32 Å².